The van der Waals surface area contributed by atoms with Crippen LogP contribution in [-0.2, 0) is 26.8 Å². The molecule has 2 atom stereocenters. The first-order valence-electron chi connectivity index (χ1n) is 10.5. The van der Waals surface area contributed by atoms with Gasteiger partial charge in [-0.25, -0.2) is 18.4 Å². The van der Waals surface area contributed by atoms with Gasteiger partial charge in [-0.3, -0.25) is 9.78 Å². The van der Waals surface area contributed by atoms with Crippen molar-refractivity contribution in [2.75, 3.05) is 0 Å². The van der Waals surface area contributed by atoms with Crippen molar-refractivity contribution in [1.82, 2.24) is 15.0 Å². The van der Waals surface area contributed by atoms with Crippen molar-refractivity contribution in [3.8, 4) is 0 Å². The summed E-state index contributed by atoms with van der Waals surface area (Å²) in [6.45, 7) is 0. The van der Waals surface area contributed by atoms with Gasteiger partial charge < -0.3 is 0 Å². The molecule has 1 aliphatic rings. The van der Waals surface area contributed by atoms with E-state index in [0.717, 1.165) is 28.3 Å². The molecule has 34 heavy (non-hydrogen) atoms. The van der Waals surface area contributed by atoms with E-state index in [9.17, 15) is 13.2 Å². The SMILES string of the molecule is C.O=C(Cc1ccc2cncc(Cl)c2c1)[C@@H]1CC1c1ccc(S(=O)(=O)Cc2ncccn2)cc1. The Bertz CT molecular complexity index is 1440. The minimum Gasteiger partial charge on any atom is -0.299 e. The minimum absolute atomic E-state index is 0. The van der Waals surface area contributed by atoms with Crippen LogP contribution >= 0.6 is 11.6 Å². The molecule has 4 aromatic rings. The number of carbonyl (C=O) groups excluding carboxylic acids is 1. The molecule has 6 nitrogen and oxygen atoms in total. The summed E-state index contributed by atoms with van der Waals surface area (Å²) < 4.78 is 25.3. The molecule has 1 saturated carbocycles. The van der Waals surface area contributed by atoms with E-state index in [1.165, 1.54) is 12.4 Å². The number of halogens is 1. The quantitative estimate of drug-likeness (QED) is 0.351. The molecule has 0 radical (unpaired) electrons. The lowest BCUT2D eigenvalue weighted by Crippen LogP contribution is -2.08. The van der Waals surface area contributed by atoms with E-state index in [2.05, 4.69) is 15.0 Å². The van der Waals surface area contributed by atoms with Crippen LogP contribution in [0.4, 0.5) is 0 Å². The van der Waals surface area contributed by atoms with Crippen LogP contribution in [0.3, 0.4) is 0 Å². The molecule has 0 amide bonds. The molecular formula is C26H24ClN3O3S. The number of ketones is 1. The molecule has 0 aliphatic heterocycles. The molecule has 1 aliphatic carbocycles. The van der Waals surface area contributed by atoms with Crippen molar-refractivity contribution < 1.29 is 13.2 Å². The van der Waals surface area contributed by atoms with Gasteiger partial charge in [0.2, 0.25) is 0 Å². The first-order chi connectivity index (χ1) is 15.9. The highest BCUT2D eigenvalue weighted by atomic mass is 35.5. The Balaban J connectivity index is 0.00000274. The fraction of sp³-hybridized carbons (Fsp3) is 0.231. The van der Waals surface area contributed by atoms with Crippen molar-refractivity contribution in [2.24, 2.45) is 5.92 Å². The summed E-state index contributed by atoms with van der Waals surface area (Å²) in [5.74, 6) is 0.278. The van der Waals surface area contributed by atoms with E-state index in [1.54, 1.807) is 42.7 Å². The van der Waals surface area contributed by atoms with Crippen molar-refractivity contribution in [1.29, 1.82) is 0 Å². The molecule has 2 aromatic heterocycles. The fourth-order valence-electron chi connectivity index (χ4n) is 4.12. The van der Waals surface area contributed by atoms with Crippen LogP contribution in [0.15, 0.2) is 78.2 Å². The van der Waals surface area contributed by atoms with Crippen molar-refractivity contribution in [3.63, 3.8) is 0 Å². The number of Topliss-reactive ketones (excluding diaryl/α,β-unsaturated/α-hetero) is 1. The number of hydrogen-bond donors (Lipinski definition) is 0. The standard InChI is InChI=1S/C25H20ClN3O3S.CH4/c26-23-14-27-13-18-3-2-16(10-21(18)23)11-24(30)22-12-20(22)17-4-6-19(7-5-17)33(31,32)15-25-28-8-1-9-29-25;/h1-10,13-14,20,22H,11-12,15H2;1H4/t20?,22-;/m1./s1. The molecule has 0 spiro atoms. The predicted molar refractivity (Wildman–Crippen MR) is 132 cm³/mol. The predicted octanol–water partition coefficient (Wildman–Crippen LogP) is 5.20. The van der Waals surface area contributed by atoms with Crippen molar-refractivity contribution in [2.45, 2.75) is 36.8 Å². The van der Waals surface area contributed by atoms with Crippen LogP contribution in [0.5, 0.6) is 0 Å². The first kappa shape index (κ1) is 24.0. The Kier molecular flexibility index (Phi) is 6.77. The lowest BCUT2D eigenvalue weighted by atomic mass is 10.0. The molecule has 0 saturated heterocycles. The molecule has 0 bridgehead atoms. The van der Waals surface area contributed by atoms with E-state index in [4.69, 9.17) is 11.6 Å². The van der Waals surface area contributed by atoms with E-state index >= 15 is 0 Å². The van der Waals surface area contributed by atoms with Crippen molar-refractivity contribution in [3.05, 3.63) is 95.3 Å². The van der Waals surface area contributed by atoms with Crippen LogP contribution in [0.1, 0.15) is 36.7 Å². The average molecular weight is 494 g/mol. The molecule has 2 aromatic carbocycles. The lowest BCUT2D eigenvalue weighted by Gasteiger charge is -2.06. The molecular weight excluding hydrogens is 470 g/mol. The summed E-state index contributed by atoms with van der Waals surface area (Å²) in [6, 6.07) is 14.3. The van der Waals surface area contributed by atoms with Gasteiger partial charge in [0, 0.05) is 47.9 Å². The van der Waals surface area contributed by atoms with Crippen molar-refractivity contribution >= 4 is 38.0 Å². The maximum absolute atomic E-state index is 12.9. The van der Waals surface area contributed by atoms with Crippen LogP contribution in [0.25, 0.3) is 10.8 Å². The molecule has 0 N–H and O–H groups in total. The van der Waals surface area contributed by atoms with Gasteiger partial charge in [-0.15, -0.1) is 0 Å². The number of benzene rings is 2. The van der Waals surface area contributed by atoms with E-state index < -0.39 is 9.84 Å². The topological polar surface area (TPSA) is 89.9 Å². The highest BCUT2D eigenvalue weighted by molar-refractivity contribution is 7.90. The molecule has 5 rings (SSSR count). The normalized spacial score (nSPS) is 17.2. The smallest absolute Gasteiger partial charge is 0.185 e. The number of carbonyl (C=O) groups is 1. The third-order valence-electron chi connectivity index (χ3n) is 5.96. The lowest BCUT2D eigenvalue weighted by molar-refractivity contribution is -0.119. The van der Waals surface area contributed by atoms with Crippen LogP contribution in [0.2, 0.25) is 5.02 Å². The Hall–Kier alpha value is -3.16. The summed E-state index contributed by atoms with van der Waals surface area (Å²) >= 11 is 6.24. The largest absolute Gasteiger partial charge is 0.299 e. The van der Waals surface area contributed by atoms with Gasteiger partial charge in [-0.2, -0.15) is 0 Å². The van der Waals surface area contributed by atoms with Gasteiger partial charge in [0.1, 0.15) is 17.4 Å². The van der Waals surface area contributed by atoms with Gasteiger partial charge in [-0.1, -0.05) is 43.3 Å². The van der Waals surface area contributed by atoms with Gasteiger partial charge >= 0.3 is 0 Å². The Morgan fingerprint density at radius 1 is 1.03 bits per heavy atom. The number of aromatic nitrogens is 3. The second-order valence-corrected chi connectivity index (χ2v) is 10.7. The summed E-state index contributed by atoms with van der Waals surface area (Å²) in [6.07, 6.45) is 7.52. The molecule has 1 unspecified atom stereocenters. The van der Waals surface area contributed by atoms with Crippen LogP contribution in [-0.4, -0.2) is 29.2 Å². The first-order valence-corrected chi connectivity index (χ1v) is 12.6. The Morgan fingerprint density at radius 2 is 1.76 bits per heavy atom. The van der Waals surface area contributed by atoms with Gasteiger partial charge in [0.15, 0.2) is 9.84 Å². The highest BCUT2D eigenvalue weighted by Gasteiger charge is 2.43. The number of pyridine rings is 1. The minimum atomic E-state index is -3.53. The summed E-state index contributed by atoms with van der Waals surface area (Å²) in [4.78, 5) is 25.1. The Labute approximate surface area is 204 Å². The number of sulfone groups is 1. The number of nitrogens with zero attached hydrogens (tertiary/aromatic N) is 3. The number of hydrogen-bond acceptors (Lipinski definition) is 6. The third kappa shape index (κ3) is 5.00. The second-order valence-electron chi connectivity index (χ2n) is 8.26. The van der Waals surface area contributed by atoms with Gasteiger partial charge in [-0.05, 0) is 47.7 Å². The highest BCUT2D eigenvalue weighted by Crippen LogP contribution is 2.48. The molecule has 2 heterocycles. The summed E-state index contributed by atoms with van der Waals surface area (Å²) in [5, 5.41) is 2.40. The van der Waals surface area contributed by atoms with E-state index in [1.807, 2.05) is 18.2 Å². The number of rotatable bonds is 7. The van der Waals surface area contributed by atoms with Crippen LogP contribution in [0, 0.1) is 5.92 Å². The van der Waals surface area contributed by atoms with Crippen LogP contribution < -0.4 is 0 Å². The van der Waals surface area contributed by atoms with E-state index in [-0.39, 0.29) is 41.5 Å². The monoisotopic (exact) mass is 493 g/mol. The Morgan fingerprint density at radius 3 is 2.50 bits per heavy atom. The number of fused-ring (bicyclic) bond motifs is 1. The maximum atomic E-state index is 12.9. The maximum Gasteiger partial charge on any atom is 0.185 e. The average Bonchev–Trinajstić information content (AvgIpc) is 3.61. The zero-order valence-corrected chi connectivity index (χ0v) is 19.1. The van der Waals surface area contributed by atoms with Gasteiger partial charge in [0.05, 0.1) is 9.92 Å². The fourth-order valence-corrected chi connectivity index (χ4v) is 5.54. The molecule has 8 heteroatoms. The zero-order valence-electron chi connectivity index (χ0n) is 17.6. The second kappa shape index (κ2) is 9.60. The molecule has 1 fully saturated rings. The summed E-state index contributed by atoms with van der Waals surface area (Å²) in [5.41, 5.74) is 1.91. The zero-order chi connectivity index (χ0) is 23.0. The molecule has 174 valence electrons. The van der Waals surface area contributed by atoms with Gasteiger partial charge in [0.25, 0.3) is 0 Å². The third-order valence-corrected chi connectivity index (χ3v) is 7.89. The van der Waals surface area contributed by atoms with E-state index in [0.29, 0.717) is 11.4 Å². The summed E-state index contributed by atoms with van der Waals surface area (Å²) in [7, 11) is -3.53.